The Labute approximate surface area is 116 Å². The van der Waals surface area contributed by atoms with Crippen LogP contribution in [0, 0.1) is 0 Å². The van der Waals surface area contributed by atoms with Crippen LogP contribution in [0.5, 0.6) is 5.88 Å². The summed E-state index contributed by atoms with van der Waals surface area (Å²) in [6, 6.07) is 2.13. The van der Waals surface area contributed by atoms with Crippen molar-refractivity contribution in [2.75, 3.05) is 5.43 Å². The zero-order valence-electron chi connectivity index (χ0n) is 11.0. The molecule has 0 radical (unpaired) electrons. The summed E-state index contributed by atoms with van der Waals surface area (Å²) in [5, 5.41) is 1.01. The Morgan fingerprint density at radius 3 is 2.89 bits per heavy atom. The second-order valence-corrected chi connectivity index (χ2v) is 5.92. The Morgan fingerprint density at radius 2 is 2.21 bits per heavy atom. The van der Waals surface area contributed by atoms with Crippen LogP contribution in [-0.4, -0.2) is 16.1 Å². The van der Waals surface area contributed by atoms with E-state index in [9.17, 15) is 0 Å². The molecule has 3 N–H and O–H groups in total. The molecule has 0 atom stereocenters. The van der Waals surface area contributed by atoms with Gasteiger partial charge in [-0.1, -0.05) is 6.92 Å². The summed E-state index contributed by atoms with van der Waals surface area (Å²) in [6.45, 7) is 2.14. The number of fused-ring (bicyclic) bond motifs is 1. The van der Waals surface area contributed by atoms with Crippen LogP contribution in [0.25, 0.3) is 10.2 Å². The monoisotopic (exact) mass is 278 g/mol. The van der Waals surface area contributed by atoms with Crippen molar-refractivity contribution < 1.29 is 4.74 Å². The smallest absolute Gasteiger partial charge is 0.241 e. The second kappa shape index (κ2) is 5.30. The highest BCUT2D eigenvalue weighted by Crippen LogP contribution is 2.33. The van der Waals surface area contributed by atoms with Crippen molar-refractivity contribution in [3.8, 4) is 5.88 Å². The zero-order valence-corrected chi connectivity index (χ0v) is 11.8. The average molecular weight is 278 g/mol. The molecule has 1 fully saturated rings. The number of nitrogen functional groups attached to an aromatic ring is 1. The van der Waals surface area contributed by atoms with E-state index in [-0.39, 0.29) is 6.10 Å². The van der Waals surface area contributed by atoms with Crippen molar-refractivity contribution in [1.29, 1.82) is 0 Å². The minimum absolute atomic E-state index is 0.286. The third-order valence-corrected chi connectivity index (χ3v) is 4.64. The standard InChI is InChI=1S/C13H18N4OS/c1-2-9-7-10-11(18-8-5-3-4-6-8)15-13(17-14)16-12(10)19-9/h7-8H,2-6,14H2,1H3,(H,15,16,17). The molecule has 0 amide bonds. The first kappa shape index (κ1) is 12.6. The highest BCUT2D eigenvalue weighted by atomic mass is 32.1. The van der Waals surface area contributed by atoms with E-state index >= 15 is 0 Å². The number of nitrogens with two attached hydrogens (primary N) is 1. The van der Waals surface area contributed by atoms with Crippen LogP contribution in [0.15, 0.2) is 6.07 Å². The summed E-state index contributed by atoms with van der Waals surface area (Å²) in [5.74, 6) is 6.52. The number of thiophene rings is 1. The number of aromatic nitrogens is 2. The van der Waals surface area contributed by atoms with E-state index in [1.54, 1.807) is 11.3 Å². The molecule has 0 aliphatic heterocycles. The number of nitrogens with one attached hydrogen (secondary N) is 1. The van der Waals surface area contributed by atoms with Gasteiger partial charge in [-0.2, -0.15) is 4.98 Å². The van der Waals surface area contributed by atoms with Crippen molar-refractivity contribution in [2.45, 2.75) is 45.1 Å². The minimum atomic E-state index is 0.286. The molecule has 5 nitrogen and oxygen atoms in total. The number of rotatable bonds is 4. The lowest BCUT2D eigenvalue weighted by atomic mass is 10.3. The molecule has 19 heavy (non-hydrogen) atoms. The third-order valence-electron chi connectivity index (χ3n) is 3.47. The van der Waals surface area contributed by atoms with Crippen LogP contribution in [0.2, 0.25) is 0 Å². The van der Waals surface area contributed by atoms with E-state index in [1.807, 2.05) is 0 Å². The van der Waals surface area contributed by atoms with Crippen molar-refractivity contribution >= 4 is 27.5 Å². The lowest BCUT2D eigenvalue weighted by molar-refractivity contribution is 0.204. The molecule has 6 heteroatoms. The lowest BCUT2D eigenvalue weighted by Gasteiger charge is -2.13. The summed E-state index contributed by atoms with van der Waals surface area (Å²) in [7, 11) is 0. The highest BCUT2D eigenvalue weighted by Gasteiger charge is 2.20. The second-order valence-electron chi connectivity index (χ2n) is 4.81. The van der Waals surface area contributed by atoms with Crippen molar-refractivity contribution in [2.24, 2.45) is 5.84 Å². The Bertz CT molecular complexity index is 577. The maximum absolute atomic E-state index is 6.05. The quantitative estimate of drug-likeness (QED) is 0.664. The normalized spacial score (nSPS) is 16.1. The van der Waals surface area contributed by atoms with Gasteiger partial charge in [0.05, 0.1) is 5.39 Å². The van der Waals surface area contributed by atoms with E-state index in [1.165, 1.54) is 17.7 Å². The summed E-state index contributed by atoms with van der Waals surface area (Å²) in [6.07, 6.45) is 5.99. The molecule has 0 spiro atoms. The van der Waals surface area contributed by atoms with Crippen LogP contribution in [-0.2, 0) is 6.42 Å². The van der Waals surface area contributed by atoms with E-state index in [0.717, 1.165) is 29.5 Å². The molecule has 1 saturated carbocycles. The van der Waals surface area contributed by atoms with Crippen LogP contribution in [0.4, 0.5) is 5.95 Å². The molecule has 0 bridgehead atoms. The molecule has 1 aliphatic carbocycles. The van der Waals surface area contributed by atoms with Gasteiger partial charge in [0.15, 0.2) is 0 Å². The van der Waals surface area contributed by atoms with Gasteiger partial charge in [0, 0.05) is 4.88 Å². The summed E-state index contributed by atoms with van der Waals surface area (Å²) in [4.78, 5) is 11.0. The Hall–Kier alpha value is -1.40. The number of nitrogens with zero attached hydrogens (tertiary/aromatic N) is 2. The molecular formula is C13H18N4OS. The lowest BCUT2D eigenvalue weighted by Crippen LogP contribution is -2.15. The predicted octanol–water partition coefficient (Wildman–Crippen LogP) is 2.86. The number of hydrazine groups is 1. The molecule has 1 aliphatic rings. The fourth-order valence-corrected chi connectivity index (χ4v) is 3.40. The van der Waals surface area contributed by atoms with Gasteiger partial charge in [0.1, 0.15) is 10.9 Å². The average Bonchev–Trinajstić information content (AvgIpc) is 3.06. The van der Waals surface area contributed by atoms with Gasteiger partial charge in [-0.05, 0) is 38.2 Å². The molecule has 2 aromatic rings. The fraction of sp³-hybridized carbons (Fsp3) is 0.538. The SMILES string of the molecule is CCc1cc2c(OC3CCCC3)nc(NN)nc2s1. The van der Waals surface area contributed by atoms with Crippen LogP contribution in [0.3, 0.4) is 0 Å². The van der Waals surface area contributed by atoms with Crippen LogP contribution >= 0.6 is 11.3 Å². The molecule has 0 unspecified atom stereocenters. The molecule has 3 rings (SSSR count). The number of ether oxygens (including phenoxy) is 1. The first-order valence-electron chi connectivity index (χ1n) is 6.74. The predicted molar refractivity (Wildman–Crippen MR) is 77.5 cm³/mol. The first-order valence-corrected chi connectivity index (χ1v) is 7.55. The Balaban J connectivity index is 2.01. The van der Waals surface area contributed by atoms with Gasteiger partial charge < -0.3 is 4.74 Å². The van der Waals surface area contributed by atoms with Gasteiger partial charge in [-0.15, -0.1) is 11.3 Å². The van der Waals surface area contributed by atoms with Gasteiger partial charge in [0.25, 0.3) is 0 Å². The fourth-order valence-electron chi connectivity index (χ4n) is 2.44. The first-order chi connectivity index (χ1) is 9.30. The summed E-state index contributed by atoms with van der Waals surface area (Å²) in [5.41, 5.74) is 2.52. The van der Waals surface area contributed by atoms with Crippen molar-refractivity contribution in [3.05, 3.63) is 10.9 Å². The van der Waals surface area contributed by atoms with Crippen LogP contribution in [0.1, 0.15) is 37.5 Å². The van der Waals surface area contributed by atoms with Crippen molar-refractivity contribution in [1.82, 2.24) is 9.97 Å². The highest BCUT2D eigenvalue weighted by molar-refractivity contribution is 7.18. The zero-order chi connectivity index (χ0) is 13.2. The molecule has 2 heterocycles. The molecule has 0 saturated heterocycles. The van der Waals surface area contributed by atoms with E-state index in [2.05, 4.69) is 28.4 Å². The van der Waals surface area contributed by atoms with Crippen LogP contribution < -0.4 is 16.0 Å². The van der Waals surface area contributed by atoms with Gasteiger partial charge >= 0.3 is 0 Å². The van der Waals surface area contributed by atoms with E-state index < -0.39 is 0 Å². The largest absolute Gasteiger partial charge is 0.474 e. The maximum Gasteiger partial charge on any atom is 0.241 e. The number of hydrogen-bond acceptors (Lipinski definition) is 6. The minimum Gasteiger partial charge on any atom is -0.474 e. The van der Waals surface area contributed by atoms with Gasteiger partial charge in [-0.25, -0.2) is 10.8 Å². The van der Waals surface area contributed by atoms with Gasteiger partial charge in [-0.3, -0.25) is 5.43 Å². The molecular weight excluding hydrogens is 260 g/mol. The van der Waals surface area contributed by atoms with E-state index in [0.29, 0.717) is 11.8 Å². The van der Waals surface area contributed by atoms with E-state index in [4.69, 9.17) is 10.6 Å². The topological polar surface area (TPSA) is 73.1 Å². The summed E-state index contributed by atoms with van der Waals surface area (Å²) < 4.78 is 6.05. The third kappa shape index (κ3) is 2.50. The maximum atomic E-state index is 6.05. The number of hydrogen-bond donors (Lipinski definition) is 2. The number of aryl methyl sites for hydroxylation is 1. The molecule has 0 aromatic carbocycles. The van der Waals surface area contributed by atoms with Gasteiger partial charge in [0.2, 0.25) is 11.8 Å². The molecule has 102 valence electrons. The molecule has 2 aromatic heterocycles. The Morgan fingerprint density at radius 1 is 1.42 bits per heavy atom. The Kier molecular flexibility index (Phi) is 3.52. The summed E-state index contributed by atoms with van der Waals surface area (Å²) >= 11 is 1.67. The number of anilines is 1. The van der Waals surface area contributed by atoms with Crippen molar-refractivity contribution in [3.63, 3.8) is 0 Å².